The highest BCUT2D eigenvalue weighted by Gasteiger charge is 2.31. The molecule has 100 valence electrons. The van der Waals surface area contributed by atoms with Gasteiger partial charge in [-0.1, -0.05) is 18.2 Å². The molecular formula is C14H15BrN2O2. The third-order valence-electron chi connectivity index (χ3n) is 3.84. The lowest BCUT2D eigenvalue weighted by molar-refractivity contribution is -0.141. The first-order chi connectivity index (χ1) is 9.08. The molecule has 4 nitrogen and oxygen atoms in total. The lowest BCUT2D eigenvalue weighted by Crippen LogP contribution is -2.17. The summed E-state index contributed by atoms with van der Waals surface area (Å²) in [6.07, 6.45) is 2.69. The molecule has 2 N–H and O–H groups in total. The van der Waals surface area contributed by atoms with Gasteiger partial charge in [-0.05, 0) is 27.9 Å². The molecular weight excluding hydrogens is 308 g/mol. The molecule has 2 aromatic rings. The minimum atomic E-state index is -0.713. The van der Waals surface area contributed by atoms with Crippen LogP contribution in [0, 0.1) is 5.92 Å². The zero-order valence-electron chi connectivity index (χ0n) is 10.6. The molecule has 2 unspecified atom stereocenters. The molecule has 2 heterocycles. The topological polar surface area (TPSA) is 54.3 Å². The summed E-state index contributed by atoms with van der Waals surface area (Å²) in [7, 11) is 2.01. The van der Waals surface area contributed by atoms with Crippen LogP contribution in [0.25, 0.3) is 10.9 Å². The Bertz CT molecular complexity index is 650. The van der Waals surface area contributed by atoms with Gasteiger partial charge >= 0.3 is 5.97 Å². The van der Waals surface area contributed by atoms with Crippen LogP contribution in [-0.2, 0) is 11.8 Å². The van der Waals surface area contributed by atoms with Crippen LogP contribution in [0.4, 0.5) is 0 Å². The third-order valence-corrected chi connectivity index (χ3v) is 4.47. The summed E-state index contributed by atoms with van der Waals surface area (Å²) in [5.41, 5.74) is 2.34. The number of fused-ring (bicyclic) bond motifs is 1. The minimum Gasteiger partial charge on any atom is -0.481 e. The van der Waals surface area contributed by atoms with Gasteiger partial charge in [0.2, 0.25) is 0 Å². The van der Waals surface area contributed by atoms with Crippen molar-refractivity contribution in [3.63, 3.8) is 0 Å². The molecule has 1 aromatic carbocycles. The van der Waals surface area contributed by atoms with Crippen molar-refractivity contribution in [1.82, 2.24) is 9.88 Å². The fraction of sp³-hybridized carbons (Fsp3) is 0.357. The highest BCUT2D eigenvalue weighted by molar-refractivity contribution is 9.10. The Hall–Kier alpha value is -1.33. The summed E-state index contributed by atoms with van der Waals surface area (Å²) >= 11 is 3.56. The summed E-state index contributed by atoms with van der Waals surface area (Å²) in [5.74, 6) is -1.00. The van der Waals surface area contributed by atoms with Crippen molar-refractivity contribution in [3.05, 3.63) is 34.4 Å². The Morgan fingerprint density at radius 1 is 1.53 bits per heavy atom. The van der Waals surface area contributed by atoms with E-state index < -0.39 is 5.97 Å². The van der Waals surface area contributed by atoms with Crippen molar-refractivity contribution < 1.29 is 9.90 Å². The monoisotopic (exact) mass is 322 g/mol. The van der Waals surface area contributed by atoms with Gasteiger partial charge in [-0.3, -0.25) is 4.79 Å². The summed E-state index contributed by atoms with van der Waals surface area (Å²) in [6, 6.07) is 6.30. The third kappa shape index (κ3) is 2.07. The fourth-order valence-electron chi connectivity index (χ4n) is 2.89. The van der Waals surface area contributed by atoms with Crippen molar-refractivity contribution >= 4 is 32.8 Å². The second-order valence-electron chi connectivity index (χ2n) is 5.06. The van der Waals surface area contributed by atoms with E-state index in [1.54, 1.807) is 0 Å². The number of carboxylic acids is 1. The van der Waals surface area contributed by atoms with E-state index in [2.05, 4.69) is 37.9 Å². The first-order valence-corrected chi connectivity index (χ1v) is 7.07. The van der Waals surface area contributed by atoms with E-state index in [0.29, 0.717) is 13.0 Å². The molecule has 1 saturated heterocycles. The standard InChI is InChI=1S/C14H15BrN2O2/c1-17-7-11(15)9-3-2-4-10(13(9)17)12-5-8(6-16-12)14(18)19/h2-4,7-8,12,16H,5-6H2,1H3,(H,18,19). The van der Waals surface area contributed by atoms with E-state index in [0.717, 1.165) is 9.99 Å². The maximum Gasteiger partial charge on any atom is 0.307 e. The van der Waals surface area contributed by atoms with Gasteiger partial charge in [0.1, 0.15) is 0 Å². The largest absolute Gasteiger partial charge is 0.481 e. The number of aromatic nitrogens is 1. The predicted octanol–water partition coefficient (Wildman–Crippen LogP) is 2.68. The average molecular weight is 323 g/mol. The van der Waals surface area contributed by atoms with Crippen LogP contribution < -0.4 is 5.32 Å². The molecule has 1 aromatic heterocycles. The fourth-order valence-corrected chi connectivity index (χ4v) is 3.52. The summed E-state index contributed by atoms with van der Waals surface area (Å²) in [6.45, 7) is 0.544. The van der Waals surface area contributed by atoms with Crippen LogP contribution in [0.2, 0.25) is 0 Å². The predicted molar refractivity (Wildman–Crippen MR) is 77.1 cm³/mol. The van der Waals surface area contributed by atoms with E-state index in [1.807, 2.05) is 19.3 Å². The second-order valence-corrected chi connectivity index (χ2v) is 5.92. The van der Waals surface area contributed by atoms with Crippen LogP contribution >= 0.6 is 15.9 Å². The minimum absolute atomic E-state index is 0.116. The van der Waals surface area contributed by atoms with Gasteiger partial charge in [0.05, 0.1) is 11.4 Å². The van der Waals surface area contributed by atoms with E-state index in [4.69, 9.17) is 5.11 Å². The molecule has 2 atom stereocenters. The molecule has 0 aliphatic carbocycles. The summed E-state index contributed by atoms with van der Waals surface area (Å²) in [5, 5.41) is 13.6. The lowest BCUT2D eigenvalue weighted by atomic mass is 9.98. The van der Waals surface area contributed by atoms with Gasteiger partial charge in [-0.25, -0.2) is 0 Å². The zero-order chi connectivity index (χ0) is 13.6. The molecule has 0 radical (unpaired) electrons. The number of nitrogens with one attached hydrogen (secondary N) is 1. The van der Waals surface area contributed by atoms with Crippen molar-refractivity contribution in [3.8, 4) is 0 Å². The molecule has 19 heavy (non-hydrogen) atoms. The maximum absolute atomic E-state index is 11.1. The van der Waals surface area contributed by atoms with Gasteiger partial charge in [-0.15, -0.1) is 0 Å². The number of carboxylic acid groups (broad SMARTS) is 1. The number of nitrogens with zero attached hydrogens (tertiary/aromatic N) is 1. The second kappa shape index (κ2) is 4.65. The van der Waals surface area contributed by atoms with Crippen LogP contribution in [0.15, 0.2) is 28.9 Å². The van der Waals surface area contributed by atoms with Crippen molar-refractivity contribution in [1.29, 1.82) is 0 Å². The highest BCUT2D eigenvalue weighted by Crippen LogP contribution is 2.35. The molecule has 0 spiro atoms. The number of para-hydroxylation sites is 1. The number of halogens is 1. The number of hydrogen-bond donors (Lipinski definition) is 2. The number of aryl methyl sites for hydroxylation is 1. The van der Waals surface area contributed by atoms with E-state index in [-0.39, 0.29) is 12.0 Å². The van der Waals surface area contributed by atoms with Gasteiger partial charge in [0, 0.05) is 35.7 Å². The molecule has 5 heteroatoms. The Morgan fingerprint density at radius 2 is 2.32 bits per heavy atom. The van der Waals surface area contributed by atoms with E-state index in [9.17, 15) is 4.79 Å². The lowest BCUT2D eigenvalue weighted by Gasteiger charge is -2.13. The van der Waals surface area contributed by atoms with Crippen LogP contribution in [0.1, 0.15) is 18.0 Å². The number of hydrogen-bond acceptors (Lipinski definition) is 2. The average Bonchev–Trinajstić information content (AvgIpc) is 2.96. The number of aliphatic carboxylic acids is 1. The quantitative estimate of drug-likeness (QED) is 0.893. The first kappa shape index (κ1) is 12.7. The van der Waals surface area contributed by atoms with Crippen molar-refractivity contribution in [2.45, 2.75) is 12.5 Å². The summed E-state index contributed by atoms with van der Waals surface area (Å²) < 4.78 is 3.16. The molecule has 0 saturated carbocycles. The molecule has 3 rings (SSSR count). The Kier molecular flexibility index (Phi) is 3.11. The van der Waals surface area contributed by atoms with Gasteiger partial charge in [-0.2, -0.15) is 0 Å². The number of benzene rings is 1. The normalized spacial score (nSPS) is 23.1. The van der Waals surface area contributed by atoms with Crippen LogP contribution in [0.3, 0.4) is 0 Å². The molecule has 1 fully saturated rings. The Labute approximate surface area is 119 Å². The first-order valence-electron chi connectivity index (χ1n) is 6.27. The van der Waals surface area contributed by atoms with Gasteiger partial charge < -0.3 is 15.0 Å². The van der Waals surface area contributed by atoms with E-state index >= 15 is 0 Å². The summed E-state index contributed by atoms with van der Waals surface area (Å²) in [4.78, 5) is 11.1. The van der Waals surface area contributed by atoms with E-state index in [1.165, 1.54) is 10.9 Å². The number of carbonyl (C=O) groups is 1. The Balaban J connectivity index is 2.04. The number of rotatable bonds is 2. The SMILES string of the molecule is Cn1cc(Br)c2cccc(C3CC(C(=O)O)CN3)c21. The molecule has 0 bridgehead atoms. The smallest absolute Gasteiger partial charge is 0.307 e. The Morgan fingerprint density at radius 3 is 3.00 bits per heavy atom. The zero-order valence-corrected chi connectivity index (χ0v) is 12.1. The highest BCUT2D eigenvalue weighted by atomic mass is 79.9. The molecule has 1 aliphatic rings. The maximum atomic E-state index is 11.1. The van der Waals surface area contributed by atoms with Crippen LogP contribution in [-0.4, -0.2) is 22.2 Å². The van der Waals surface area contributed by atoms with Crippen molar-refractivity contribution in [2.75, 3.05) is 6.54 Å². The van der Waals surface area contributed by atoms with Gasteiger partial charge in [0.15, 0.2) is 0 Å². The van der Waals surface area contributed by atoms with Crippen molar-refractivity contribution in [2.24, 2.45) is 13.0 Å². The molecule has 1 aliphatic heterocycles. The van der Waals surface area contributed by atoms with Gasteiger partial charge in [0.25, 0.3) is 0 Å². The van der Waals surface area contributed by atoms with Crippen LogP contribution in [0.5, 0.6) is 0 Å². The molecule has 0 amide bonds.